The van der Waals surface area contributed by atoms with Gasteiger partial charge in [-0.05, 0) is 0 Å². The number of halogens is 1. The summed E-state index contributed by atoms with van der Waals surface area (Å²) in [5, 5.41) is 0. The van der Waals surface area contributed by atoms with Gasteiger partial charge < -0.3 is 0 Å². The van der Waals surface area contributed by atoms with Crippen molar-refractivity contribution in [3.8, 4) is 0 Å². The van der Waals surface area contributed by atoms with Gasteiger partial charge >= 0.3 is 104 Å². The van der Waals surface area contributed by atoms with Crippen LogP contribution in [0.1, 0.15) is 9.72 Å². The number of hydrogen-bond acceptors (Lipinski definition) is 2. The van der Waals surface area contributed by atoms with Gasteiger partial charge in [0.2, 0.25) is 0 Å². The molecule has 1 N–H and O–H groups in total. The van der Waals surface area contributed by atoms with Gasteiger partial charge in [0.05, 0.1) is 0 Å². The Morgan fingerprint density at radius 3 is 2.15 bits per heavy atom. The number of benzene rings is 1. The molecule has 1 aromatic rings. The number of rotatable bonds is 2. The van der Waals surface area contributed by atoms with Crippen molar-refractivity contribution in [2.75, 3.05) is 0 Å². The molecule has 0 aliphatic heterocycles. The van der Waals surface area contributed by atoms with E-state index in [1.807, 2.05) is 12.1 Å². The van der Waals surface area contributed by atoms with E-state index in [0.29, 0.717) is 5.56 Å². The third-order valence-corrected chi connectivity index (χ3v) is 5.01. The molecule has 0 radical (unpaired) electrons. The Labute approximate surface area is 103 Å². The van der Waals surface area contributed by atoms with E-state index in [1.54, 1.807) is 12.1 Å². The first-order valence-electron chi connectivity index (χ1n) is 3.58. The fourth-order valence-electron chi connectivity index (χ4n) is 0.890. The topological polar surface area (TPSA) is 54.4 Å². The van der Waals surface area contributed by atoms with Crippen molar-refractivity contribution < 1.29 is 13.0 Å². The average molecular weight is 273 g/mol. The van der Waals surface area contributed by atoms with Crippen LogP contribution in [0, 0.1) is 0 Å². The average Bonchev–Trinajstić information content (AvgIpc) is 2.03. The molecule has 0 aromatic heterocycles. The van der Waals surface area contributed by atoms with E-state index in [2.05, 4.69) is 15.9 Å². The number of hydrogen-bond donors (Lipinski definition) is 1. The first-order chi connectivity index (χ1) is 5.91. The molecule has 0 bridgehead atoms. The van der Waals surface area contributed by atoms with E-state index in [4.69, 9.17) is 4.55 Å². The molecular weight excluding hydrogens is 267 g/mol. The van der Waals surface area contributed by atoms with Crippen molar-refractivity contribution in [3.05, 3.63) is 29.8 Å². The van der Waals surface area contributed by atoms with Gasteiger partial charge in [0.1, 0.15) is 0 Å². The van der Waals surface area contributed by atoms with Gasteiger partial charge in [0.25, 0.3) is 0 Å². The van der Waals surface area contributed by atoms with Crippen LogP contribution in [0.25, 0.3) is 0 Å². The van der Waals surface area contributed by atoms with Crippen molar-refractivity contribution in [2.24, 2.45) is 0 Å². The number of alkyl halides is 1. The van der Waals surface area contributed by atoms with Gasteiger partial charge in [0, 0.05) is 0 Å². The molecule has 6 heteroatoms. The summed E-state index contributed by atoms with van der Waals surface area (Å²) in [6.45, 7) is 0. The standard InChI is InChI=1S/C7H6BrO3S.Na/c8-7(12(9,10)11)6-4-2-1-3-5-6;/h2-5,7H,(H,9,10,11);. The van der Waals surface area contributed by atoms with Crippen LogP contribution in [0.5, 0.6) is 0 Å². The van der Waals surface area contributed by atoms with Crippen LogP contribution in [0.3, 0.4) is 0 Å². The molecular formula is C7H6BrNaO3S. The Balaban J connectivity index is 3.04. The van der Waals surface area contributed by atoms with Gasteiger partial charge in [-0.1, -0.05) is 0 Å². The van der Waals surface area contributed by atoms with Crippen molar-refractivity contribution in [2.45, 2.75) is 4.16 Å². The minimum atomic E-state index is -4.04. The maximum absolute atomic E-state index is 10.7. The zero-order chi connectivity index (χ0) is 10.1. The van der Waals surface area contributed by atoms with Crippen LogP contribution in [-0.2, 0) is 10.1 Å². The van der Waals surface area contributed by atoms with E-state index in [-0.39, 0.29) is 0 Å². The van der Waals surface area contributed by atoms with Crippen molar-refractivity contribution in [1.29, 1.82) is 0 Å². The van der Waals surface area contributed by atoms with E-state index in [9.17, 15) is 8.42 Å². The predicted octanol–water partition coefficient (Wildman–Crippen LogP) is 0.762. The van der Waals surface area contributed by atoms with Crippen LogP contribution in [0.2, 0.25) is 0 Å². The third-order valence-electron chi connectivity index (χ3n) is 1.60. The second-order valence-electron chi connectivity index (χ2n) is 2.74. The monoisotopic (exact) mass is 272 g/mol. The summed E-state index contributed by atoms with van der Waals surface area (Å²) < 4.78 is 30.4. The van der Waals surface area contributed by atoms with Gasteiger partial charge in [-0.2, -0.15) is 0 Å². The SMILES string of the molecule is O=S(=O)(O)C(Br)c1cc[c]([Na])cc1. The zero-order valence-electron chi connectivity index (χ0n) is 6.94. The normalized spacial score (nSPS) is 14.2. The second kappa shape index (κ2) is 4.42. The van der Waals surface area contributed by atoms with Crippen LogP contribution in [0.4, 0.5) is 0 Å². The fourth-order valence-corrected chi connectivity index (χ4v) is 2.03. The summed E-state index contributed by atoms with van der Waals surface area (Å²) in [6, 6.07) is 7.08. The predicted molar refractivity (Wildman–Crippen MR) is 55.0 cm³/mol. The third kappa shape index (κ3) is 3.34. The summed E-state index contributed by atoms with van der Waals surface area (Å²) in [7, 11) is -4.04. The minimum absolute atomic E-state index is 0.544. The van der Waals surface area contributed by atoms with E-state index < -0.39 is 14.3 Å². The second-order valence-corrected chi connectivity index (χ2v) is 6.92. The van der Waals surface area contributed by atoms with Crippen molar-refractivity contribution in [3.63, 3.8) is 0 Å². The molecule has 3 nitrogen and oxygen atoms in total. The molecule has 0 saturated heterocycles. The summed E-state index contributed by atoms with van der Waals surface area (Å²) in [6.07, 6.45) is 0. The molecule has 66 valence electrons. The zero-order valence-corrected chi connectivity index (χ0v) is 11.3. The van der Waals surface area contributed by atoms with Crippen LogP contribution < -0.4 is 2.81 Å². The fraction of sp³-hybridized carbons (Fsp3) is 0.143. The van der Waals surface area contributed by atoms with Gasteiger partial charge in [0.15, 0.2) is 0 Å². The van der Waals surface area contributed by atoms with Crippen LogP contribution in [-0.4, -0.2) is 40.9 Å². The van der Waals surface area contributed by atoms with E-state index in [1.165, 1.54) is 2.81 Å². The van der Waals surface area contributed by atoms with Gasteiger partial charge in [-0.15, -0.1) is 0 Å². The molecule has 0 fully saturated rings. The summed E-state index contributed by atoms with van der Waals surface area (Å²) in [5.41, 5.74) is 0.544. The Morgan fingerprint density at radius 1 is 1.31 bits per heavy atom. The molecule has 0 aliphatic rings. The van der Waals surface area contributed by atoms with E-state index in [0.717, 1.165) is 27.9 Å². The molecule has 1 rings (SSSR count). The molecule has 0 heterocycles. The summed E-state index contributed by atoms with van der Waals surface area (Å²) >= 11 is 3.83. The Hall–Kier alpha value is 0.610. The summed E-state index contributed by atoms with van der Waals surface area (Å²) in [5.74, 6) is 0. The summed E-state index contributed by atoms with van der Waals surface area (Å²) in [4.78, 5) is 0. The Kier molecular flexibility index (Phi) is 3.97. The molecule has 0 amide bonds. The van der Waals surface area contributed by atoms with Gasteiger partial charge in [-0.3, -0.25) is 0 Å². The van der Waals surface area contributed by atoms with E-state index >= 15 is 0 Å². The molecule has 1 aromatic carbocycles. The van der Waals surface area contributed by atoms with Gasteiger partial charge in [-0.25, -0.2) is 0 Å². The first-order valence-corrected chi connectivity index (χ1v) is 7.00. The quantitative estimate of drug-likeness (QED) is 0.492. The van der Waals surface area contributed by atoms with Crippen LogP contribution in [0.15, 0.2) is 24.3 Å². The Bertz CT molecular complexity index is 387. The van der Waals surface area contributed by atoms with Crippen molar-refractivity contribution >= 4 is 56.8 Å². The molecule has 0 saturated carbocycles. The molecule has 0 spiro atoms. The van der Waals surface area contributed by atoms with Crippen LogP contribution >= 0.6 is 15.9 Å². The first kappa shape index (κ1) is 11.7. The molecule has 0 aliphatic carbocycles. The Morgan fingerprint density at radius 2 is 1.77 bits per heavy atom. The molecule has 1 atom stereocenters. The van der Waals surface area contributed by atoms with Crippen molar-refractivity contribution in [1.82, 2.24) is 0 Å². The molecule has 13 heavy (non-hydrogen) atoms. The molecule has 1 unspecified atom stereocenters. The maximum atomic E-state index is 10.7.